The van der Waals surface area contributed by atoms with Crippen LogP contribution in [0.25, 0.3) is 11.2 Å². The summed E-state index contributed by atoms with van der Waals surface area (Å²) >= 11 is 5.61. The number of hydrogen-bond donors (Lipinski definition) is 0. The summed E-state index contributed by atoms with van der Waals surface area (Å²) in [6, 6.07) is 0. The number of nitrogens with zero attached hydrogens (tertiary/aromatic N) is 4. The van der Waals surface area contributed by atoms with Crippen LogP contribution in [-0.2, 0) is 7.05 Å². The van der Waals surface area contributed by atoms with Crippen LogP contribution < -0.4 is 0 Å². The highest BCUT2D eigenvalue weighted by molar-refractivity contribution is 6.33. The molecule has 2 heterocycles. The molecule has 0 atom stereocenters. The van der Waals surface area contributed by atoms with E-state index in [0.29, 0.717) is 11.2 Å². The lowest BCUT2D eigenvalue weighted by molar-refractivity contribution is 0.542. The van der Waals surface area contributed by atoms with E-state index in [4.69, 9.17) is 11.6 Å². The molecule has 4 nitrogen and oxygen atoms in total. The van der Waals surface area contributed by atoms with Crippen LogP contribution >= 0.6 is 11.6 Å². The van der Waals surface area contributed by atoms with Gasteiger partial charge in [-0.2, -0.15) is 14.4 Å². The summed E-state index contributed by atoms with van der Waals surface area (Å²) in [6.45, 7) is 4.00. The number of rotatable bonds is 0. The molecule has 0 amide bonds. The van der Waals surface area contributed by atoms with Crippen LogP contribution in [0.4, 0.5) is 4.39 Å². The van der Waals surface area contributed by atoms with E-state index in [0.717, 1.165) is 0 Å². The number of imidazole rings is 1. The second-order valence-corrected chi connectivity index (χ2v) is 2.67. The topological polar surface area (TPSA) is 43.6 Å². The van der Waals surface area contributed by atoms with Crippen molar-refractivity contribution in [2.75, 3.05) is 0 Å². The van der Waals surface area contributed by atoms with Crippen LogP contribution in [0.15, 0.2) is 6.33 Å². The normalized spacial score (nSPS) is 9.79. The van der Waals surface area contributed by atoms with Crippen LogP contribution in [0.1, 0.15) is 13.8 Å². The third-order valence-electron chi connectivity index (χ3n) is 1.49. The molecule has 2 aromatic heterocycles. The van der Waals surface area contributed by atoms with Crippen molar-refractivity contribution in [2.45, 2.75) is 13.8 Å². The van der Waals surface area contributed by atoms with E-state index in [1.54, 1.807) is 11.6 Å². The van der Waals surface area contributed by atoms with Crippen molar-refractivity contribution < 1.29 is 4.39 Å². The van der Waals surface area contributed by atoms with Gasteiger partial charge in [0.05, 0.1) is 6.33 Å². The molecule has 0 saturated heterocycles. The Bertz CT molecular complexity index is 440. The molecule has 0 aromatic carbocycles. The minimum atomic E-state index is -0.837. The second-order valence-electron chi connectivity index (χ2n) is 2.31. The maximum absolute atomic E-state index is 12.6. The predicted molar refractivity (Wildman–Crippen MR) is 52.6 cm³/mol. The molecular formula is C8H10ClFN4. The fourth-order valence-electron chi connectivity index (χ4n) is 0.947. The number of halogens is 2. The summed E-state index contributed by atoms with van der Waals surface area (Å²) in [4.78, 5) is 10.8. The SMILES string of the molecule is CC.Cn1cnc2c(Cl)nc(F)nc21. The molecule has 2 aromatic rings. The van der Waals surface area contributed by atoms with Crippen molar-refractivity contribution in [1.29, 1.82) is 0 Å². The number of aromatic nitrogens is 4. The number of aryl methyl sites for hydroxylation is 1. The lowest BCUT2D eigenvalue weighted by Gasteiger charge is -1.93. The van der Waals surface area contributed by atoms with Gasteiger partial charge in [-0.3, -0.25) is 0 Å². The van der Waals surface area contributed by atoms with Crippen molar-refractivity contribution in [3.05, 3.63) is 17.6 Å². The Balaban J connectivity index is 0.000000461. The van der Waals surface area contributed by atoms with Crippen molar-refractivity contribution >= 4 is 22.8 Å². The summed E-state index contributed by atoms with van der Waals surface area (Å²) in [5, 5.41) is 0.0399. The molecule has 0 aliphatic carbocycles. The van der Waals surface area contributed by atoms with Crippen LogP contribution in [0.3, 0.4) is 0 Å². The summed E-state index contributed by atoms with van der Waals surface area (Å²) in [7, 11) is 1.71. The molecule has 0 radical (unpaired) electrons. The average molecular weight is 217 g/mol. The Morgan fingerprint density at radius 2 is 2.00 bits per heavy atom. The predicted octanol–water partition coefficient (Wildman–Crippen LogP) is 2.18. The van der Waals surface area contributed by atoms with Gasteiger partial charge in [-0.1, -0.05) is 25.4 Å². The van der Waals surface area contributed by atoms with Gasteiger partial charge >= 0.3 is 6.08 Å². The number of hydrogen-bond acceptors (Lipinski definition) is 3. The lowest BCUT2D eigenvalue weighted by atomic mass is 10.5. The first kappa shape index (κ1) is 10.8. The molecule has 0 N–H and O–H groups in total. The minimum absolute atomic E-state index is 0.0399. The first-order valence-electron chi connectivity index (χ1n) is 4.18. The molecule has 0 unspecified atom stereocenters. The van der Waals surface area contributed by atoms with Crippen molar-refractivity contribution in [1.82, 2.24) is 19.5 Å². The fraction of sp³-hybridized carbons (Fsp3) is 0.375. The summed E-state index contributed by atoms with van der Waals surface area (Å²) < 4.78 is 14.2. The zero-order valence-corrected chi connectivity index (χ0v) is 8.88. The summed E-state index contributed by atoms with van der Waals surface area (Å²) in [6.07, 6.45) is 0.668. The Labute approximate surface area is 85.8 Å². The van der Waals surface area contributed by atoms with Gasteiger partial charge in [0.1, 0.15) is 5.52 Å². The zero-order chi connectivity index (χ0) is 10.7. The van der Waals surface area contributed by atoms with Crippen molar-refractivity contribution in [2.24, 2.45) is 7.05 Å². The monoisotopic (exact) mass is 216 g/mol. The van der Waals surface area contributed by atoms with Gasteiger partial charge in [-0.25, -0.2) is 4.98 Å². The van der Waals surface area contributed by atoms with Gasteiger partial charge < -0.3 is 4.57 Å². The molecule has 0 spiro atoms. The standard InChI is InChI=1S/C6H4ClFN4.C2H6/c1-12-2-9-3-4(7)10-6(8)11-5(3)12;1-2/h2H,1H3;1-2H3. The van der Waals surface area contributed by atoms with Crippen LogP contribution in [-0.4, -0.2) is 19.5 Å². The Kier molecular flexibility index (Phi) is 3.35. The maximum atomic E-state index is 12.6. The van der Waals surface area contributed by atoms with Crippen LogP contribution in [0, 0.1) is 6.08 Å². The summed E-state index contributed by atoms with van der Waals surface area (Å²) in [5.41, 5.74) is 0.813. The van der Waals surface area contributed by atoms with Gasteiger partial charge in [0.2, 0.25) is 0 Å². The Morgan fingerprint density at radius 3 is 2.64 bits per heavy atom. The Hall–Kier alpha value is -1.23. The average Bonchev–Trinajstić information content (AvgIpc) is 2.52. The smallest absolute Gasteiger partial charge is 0.312 e. The molecule has 2 rings (SSSR count). The minimum Gasteiger partial charge on any atom is -0.318 e. The fourth-order valence-corrected chi connectivity index (χ4v) is 1.15. The molecule has 0 saturated carbocycles. The second kappa shape index (κ2) is 4.32. The molecule has 76 valence electrons. The van der Waals surface area contributed by atoms with E-state index in [2.05, 4.69) is 15.0 Å². The molecule has 0 aliphatic rings. The third kappa shape index (κ3) is 1.82. The van der Waals surface area contributed by atoms with E-state index < -0.39 is 6.08 Å². The van der Waals surface area contributed by atoms with Gasteiger partial charge in [0.25, 0.3) is 0 Å². The third-order valence-corrected chi connectivity index (χ3v) is 1.75. The van der Waals surface area contributed by atoms with E-state index in [1.165, 1.54) is 6.33 Å². The quantitative estimate of drug-likeness (QED) is 0.501. The largest absolute Gasteiger partial charge is 0.318 e. The highest BCUT2D eigenvalue weighted by Crippen LogP contribution is 2.16. The van der Waals surface area contributed by atoms with E-state index in [1.807, 2.05) is 13.8 Å². The van der Waals surface area contributed by atoms with E-state index in [9.17, 15) is 4.39 Å². The highest BCUT2D eigenvalue weighted by Gasteiger charge is 2.08. The molecule has 0 bridgehead atoms. The molecule has 6 heteroatoms. The Morgan fingerprint density at radius 1 is 1.36 bits per heavy atom. The van der Waals surface area contributed by atoms with Gasteiger partial charge in [-0.15, -0.1) is 0 Å². The molecular weight excluding hydrogens is 207 g/mol. The van der Waals surface area contributed by atoms with Gasteiger partial charge in [0.15, 0.2) is 10.8 Å². The van der Waals surface area contributed by atoms with Gasteiger partial charge in [-0.05, 0) is 0 Å². The zero-order valence-electron chi connectivity index (χ0n) is 8.12. The first-order valence-corrected chi connectivity index (χ1v) is 4.56. The lowest BCUT2D eigenvalue weighted by Crippen LogP contribution is -1.94. The molecule has 0 fully saturated rings. The van der Waals surface area contributed by atoms with Gasteiger partial charge in [0, 0.05) is 7.05 Å². The number of fused-ring (bicyclic) bond motifs is 1. The molecule has 14 heavy (non-hydrogen) atoms. The maximum Gasteiger partial charge on any atom is 0.312 e. The van der Waals surface area contributed by atoms with Crippen LogP contribution in [0.5, 0.6) is 0 Å². The van der Waals surface area contributed by atoms with Crippen molar-refractivity contribution in [3.8, 4) is 0 Å². The van der Waals surface area contributed by atoms with E-state index in [-0.39, 0.29) is 5.15 Å². The summed E-state index contributed by atoms with van der Waals surface area (Å²) in [5.74, 6) is 0. The van der Waals surface area contributed by atoms with E-state index >= 15 is 0 Å². The highest BCUT2D eigenvalue weighted by atomic mass is 35.5. The first-order chi connectivity index (χ1) is 6.68. The van der Waals surface area contributed by atoms with Crippen LogP contribution in [0.2, 0.25) is 5.15 Å². The molecule has 0 aliphatic heterocycles. The van der Waals surface area contributed by atoms with Crippen molar-refractivity contribution in [3.63, 3.8) is 0 Å².